The molecule has 2 rings (SSSR count). The number of nitrogens with zero attached hydrogens (tertiary/aromatic N) is 2. The molecular weight excluding hydrogens is 200 g/mol. The Labute approximate surface area is 83.0 Å². The lowest BCUT2D eigenvalue weighted by Crippen LogP contribution is -2.07. The third-order valence-corrected chi connectivity index (χ3v) is 1.54. The Morgan fingerprint density at radius 1 is 1.20 bits per heavy atom. The van der Waals surface area contributed by atoms with Crippen LogP contribution in [0.2, 0.25) is 0 Å². The Bertz CT molecular complexity index is 542. The molecule has 76 valence electrons. The Hall–Kier alpha value is -2.37. The Morgan fingerprint density at radius 3 is 2.87 bits per heavy atom. The van der Waals surface area contributed by atoms with Crippen molar-refractivity contribution in [2.75, 3.05) is 0 Å². The van der Waals surface area contributed by atoms with Gasteiger partial charge in [0.05, 0.1) is 12.4 Å². The summed E-state index contributed by atoms with van der Waals surface area (Å²) in [5.74, 6) is 0.0303. The number of hydrogen-bond acceptors (Lipinski definition) is 5. The molecule has 0 unspecified atom stereocenters. The molecule has 0 saturated carbocycles. The lowest BCUT2D eigenvalue weighted by Gasteiger charge is -1.95. The highest BCUT2D eigenvalue weighted by molar-refractivity contribution is 5.08. The minimum atomic E-state index is -0.663. The predicted octanol–water partition coefficient (Wildman–Crippen LogP) is 0.341. The molecule has 0 radical (unpaired) electrons. The fourth-order valence-electron chi connectivity index (χ4n) is 0.951. The van der Waals surface area contributed by atoms with Crippen molar-refractivity contribution in [1.82, 2.24) is 9.72 Å². The normalized spacial score (nSPS) is 9.87. The summed E-state index contributed by atoms with van der Waals surface area (Å²) in [6.45, 7) is 0. The summed E-state index contributed by atoms with van der Waals surface area (Å²) in [6, 6.07) is 3.51. The number of hydrogen-bond donors (Lipinski definition) is 0. The van der Waals surface area contributed by atoms with Gasteiger partial charge in [-0.3, -0.25) is 4.98 Å². The summed E-state index contributed by atoms with van der Waals surface area (Å²) in [4.78, 5) is 26.0. The first-order chi connectivity index (χ1) is 7.25. The van der Waals surface area contributed by atoms with E-state index in [2.05, 4.69) is 4.98 Å². The van der Waals surface area contributed by atoms with Gasteiger partial charge in [0.1, 0.15) is 0 Å². The van der Waals surface area contributed by atoms with Gasteiger partial charge in [-0.05, 0) is 6.07 Å². The molecule has 0 saturated heterocycles. The van der Waals surface area contributed by atoms with Gasteiger partial charge >= 0.3 is 11.3 Å². The molecular formula is C9H6N2O4. The van der Waals surface area contributed by atoms with Crippen molar-refractivity contribution in [3.05, 3.63) is 57.6 Å². The molecule has 0 aromatic carbocycles. The van der Waals surface area contributed by atoms with Crippen molar-refractivity contribution in [2.45, 2.75) is 0 Å². The number of fused-ring (bicyclic) bond motifs is 1. The molecule has 2 heterocycles. The SMILES string of the molecule is O=c1ccc(=O)on2cccncc-2o1. The zero-order chi connectivity index (χ0) is 10.7. The second-order valence-electron chi connectivity index (χ2n) is 2.60. The van der Waals surface area contributed by atoms with Crippen molar-refractivity contribution in [3.8, 4) is 5.88 Å². The van der Waals surface area contributed by atoms with E-state index >= 15 is 0 Å². The summed E-state index contributed by atoms with van der Waals surface area (Å²) in [5.41, 5.74) is -1.32. The molecule has 0 N–H and O–H groups in total. The van der Waals surface area contributed by atoms with Crippen LogP contribution >= 0.6 is 0 Å². The van der Waals surface area contributed by atoms with E-state index in [0.717, 1.165) is 16.9 Å². The first kappa shape index (κ1) is 9.20. The second-order valence-corrected chi connectivity index (χ2v) is 2.60. The molecule has 0 aromatic rings. The van der Waals surface area contributed by atoms with Gasteiger partial charge in [-0.2, -0.15) is 0 Å². The summed E-state index contributed by atoms with van der Waals surface area (Å²) in [7, 11) is 0. The molecule has 6 heteroatoms. The first-order valence-electron chi connectivity index (χ1n) is 4.07. The molecule has 0 bridgehead atoms. The van der Waals surface area contributed by atoms with Crippen LogP contribution in [0, 0.1) is 0 Å². The monoisotopic (exact) mass is 206 g/mol. The van der Waals surface area contributed by atoms with Gasteiger partial charge in [0.2, 0.25) is 0 Å². The van der Waals surface area contributed by atoms with Crippen molar-refractivity contribution >= 4 is 0 Å². The predicted molar refractivity (Wildman–Crippen MR) is 49.5 cm³/mol. The van der Waals surface area contributed by atoms with Gasteiger partial charge in [0.25, 0.3) is 5.88 Å². The lowest BCUT2D eigenvalue weighted by atomic mass is 10.6. The molecule has 0 atom stereocenters. The second kappa shape index (κ2) is 3.79. The van der Waals surface area contributed by atoms with Crippen LogP contribution in [0.3, 0.4) is 0 Å². The van der Waals surface area contributed by atoms with E-state index in [1.54, 1.807) is 0 Å². The fourth-order valence-corrected chi connectivity index (χ4v) is 0.951. The van der Waals surface area contributed by atoms with Gasteiger partial charge in [-0.25, -0.2) is 9.59 Å². The van der Waals surface area contributed by atoms with Gasteiger partial charge in [-0.1, -0.05) is 0 Å². The van der Waals surface area contributed by atoms with Crippen LogP contribution in [0.1, 0.15) is 0 Å². The maximum atomic E-state index is 11.1. The van der Waals surface area contributed by atoms with Gasteiger partial charge < -0.3 is 8.94 Å². The van der Waals surface area contributed by atoms with Crippen LogP contribution in [0.15, 0.2) is 55.3 Å². The molecule has 6 nitrogen and oxygen atoms in total. The average Bonchev–Trinajstić information content (AvgIpc) is 2.40. The van der Waals surface area contributed by atoms with E-state index in [9.17, 15) is 9.59 Å². The van der Waals surface area contributed by atoms with Crippen molar-refractivity contribution in [2.24, 2.45) is 0 Å². The molecule has 0 fully saturated rings. The van der Waals surface area contributed by atoms with Crippen LogP contribution in [0.25, 0.3) is 5.88 Å². The quantitative estimate of drug-likeness (QED) is 0.621. The van der Waals surface area contributed by atoms with Gasteiger partial charge in [0.15, 0.2) is 0 Å². The molecule has 15 heavy (non-hydrogen) atoms. The van der Waals surface area contributed by atoms with E-state index in [1.807, 2.05) is 0 Å². The van der Waals surface area contributed by atoms with Crippen molar-refractivity contribution in [3.63, 3.8) is 0 Å². The zero-order valence-corrected chi connectivity index (χ0v) is 7.49. The van der Waals surface area contributed by atoms with Crippen LogP contribution < -0.4 is 11.3 Å². The van der Waals surface area contributed by atoms with E-state index in [-0.39, 0.29) is 5.88 Å². The van der Waals surface area contributed by atoms with Gasteiger partial charge in [0, 0.05) is 18.3 Å². The average molecular weight is 206 g/mol. The topological polar surface area (TPSA) is 78.2 Å². The first-order valence-corrected chi connectivity index (χ1v) is 4.07. The Balaban J connectivity index is 2.92. The maximum Gasteiger partial charge on any atom is 0.356 e. The third-order valence-electron chi connectivity index (χ3n) is 1.54. The van der Waals surface area contributed by atoms with E-state index in [1.165, 1.54) is 24.7 Å². The van der Waals surface area contributed by atoms with Crippen LogP contribution in [0.5, 0.6) is 0 Å². The Kier molecular flexibility index (Phi) is 2.32. The third kappa shape index (κ3) is 2.11. The highest BCUT2D eigenvalue weighted by atomic mass is 16.5. The minimum absolute atomic E-state index is 0.0303. The van der Waals surface area contributed by atoms with E-state index < -0.39 is 11.3 Å². The van der Waals surface area contributed by atoms with Crippen molar-refractivity contribution in [1.29, 1.82) is 0 Å². The lowest BCUT2D eigenvalue weighted by molar-refractivity contribution is 0.267. The number of rotatable bonds is 0. The highest BCUT2D eigenvalue weighted by Gasteiger charge is 1.98. The van der Waals surface area contributed by atoms with E-state index in [0.29, 0.717) is 0 Å². The van der Waals surface area contributed by atoms with E-state index in [4.69, 9.17) is 8.94 Å². The van der Waals surface area contributed by atoms with Gasteiger partial charge in [-0.15, -0.1) is 4.74 Å². The molecule has 0 spiro atoms. The van der Waals surface area contributed by atoms with Crippen LogP contribution in [-0.2, 0) is 0 Å². The summed E-state index contributed by atoms with van der Waals surface area (Å²) in [5, 5.41) is 0. The Morgan fingerprint density at radius 2 is 2.00 bits per heavy atom. The maximum absolute atomic E-state index is 11.1. The number of aromatic nitrogens is 2. The summed E-state index contributed by atoms with van der Waals surface area (Å²) < 4.78 is 10.7. The smallest absolute Gasteiger partial charge is 0.356 e. The summed E-state index contributed by atoms with van der Waals surface area (Å²) >= 11 is 0. The molecule has 2 aliphatic rings. The molecule has 2 aliphatic heterocycles. The summed E-state index contributed by atoms with van der Waals surface area (Å²) in [6.07, 6.45) is 4.14. The highest BCUT2D eigenvalue weighted by Crippen LogP contribution is 1.98. The zero-order valence-electron chi connectivity index (χ0n) is 7.49. The fraction of sp³-hybridized carbons (Fsp3) is 0. The minimum Gasteiger partial charge on any atom is -0.401 e. The molecule has 0 amide bonds. The van der Waals surface area contributed by atoms with Crippen LogP contribution in [-0.4, -0.2) is 9.72 Å². The molecule has 0 aromatic heterocycles. The standard InChI is InChI=1S/C9H6N2O4/c12-8-2-3-9(13)15-11-5-1-4-10-6-7(11)14-8/h1-6H. The van der Waals surface area contributed by atoms with Crippen molar-refractivity contribution < 1.29 is 8.94 Å². The molecule has 0 aliphatic carbocycles. The largest absolute Gasteiger partial charge is 0.401 e. The van der Waals surface area contributed by atoms with Crippen LogP contribution in [0.4, 0.5) is 0 Å².